The van der Waals surface area contributed by atoms with Gasteiger partial charge in [0.05, 0.1) is 11.8 Å². The molecule has 19 heavy (non-hydrogen) atoms. The third kappa shape index (κ3) is 2.50. The van der Waals surface area contributed by atoms with E-state index in [4.69, 9.17) is 4.52 Å². The van der Waals surface area contributed by atoms with Gasteiger partial charge in [-0.25, -0.2) is 13.1 Å². The van der Waals surface area contributed by atoms with Crippen molar-refractivity contribution in [2.24, 2.45) is 7.05 Å². The van der Waals surface area contributed by atoms with Gasteiger partial charge >= 0.3 is 0 Å². The highest BCUT2D eigenvalue weighted by Crippen LogP contribution is 2.18. The van der Waals surface area contributed by atoms with Gasteiger partial charge in [-0.15, -0.1) is 0 Å². The predicted octanol–water partition coefficient (Wildman–Crippen LogP) is 0.144. The van der Waals surface area contributed by atoms with E-state index in [9.17, 15) is 13.2 Å². The molecular weight excluding hydrogens is 272 g/mol. The molecule has 0 aliphatic rings. The number of aromatic nitrogens is 3. The molecule has 8 nitrogen and oxygen atoms in total. The largest absolute Gasteiger partial charge is 0.360 e. The lowest BCUT2D eigenvalue weighted by Gasteiger charge is -2.04. The van der Waals surface area contributed by atoms with Crippen LogP contribution in [0.5, 0.6) is 0 Å². The van der Waals surface area contributed by atoms with Crippen molar-refractivity contribution in [2.45, 2.75) is 18.7 Å². The van der Waals surface area contributed by atoms with Gasteiger partial charge in [-0.2, -0.15) is 5.10 Å². The maximum Gasteiger partial charge on any atom is 0.269 e. The summed E-state index contributed by atoms with van der Waals surface area (Å²) >= 11 is 0. The van der Waals surface area contributed by atoms with E-state index in [1.54, 1.807) is 7.05 Å². The zero-order valence-corrected chi connectivity index (χ0v) is 11.4. The molecule has 0 saturated heterocycles. The average Bonchev–Trinajstić information content (AvgIpc) is 2.85. The quantitative estimate of drug-likeness (QED) is 0.859. The van der Waals surface area contributed by atoms with Gasteiger partial charge in [-0.05, 0) is 13.8 Å². The molecule has 2 heterocycles. The number of carbonyl (C=O) groups excluding carboxylic acids is 1. The third-order valence-electron chi connectivity index (χ3n) is 2.43. The van der Waals surface area contributed by atoms with Crippen LogP contribution in [0.25, 0.3) is 0 Å². The monoisotopic (exact) mass is 284 g/mol. The van der Waals surface area contributed by atoms with Crippen molar-refractivity contribution in [3.05, 3.63) is 29.4 Å². The Bertz CT molecular complexity index is 709. The molecule has 2 rings (SSSR count). The Labute approximate surface area is 109 Å². The summed E-state index contributed by atoms with van der Waals surface area (Å²) in [7, 11) is -2.38. The number of rotatable bonds is 3. The lowest BCUT2D eigenvalue weighted by Crippen LogP contribution is -2.31. The number of aryl methyl sites for hydroxylation is 3. The molecule has 0 radical (unpaired) electrons. The molecule has 0 unspecified atom stereocenters. The maximum atomic E-state index is 12.1. The Morgan fingerprint density at radius 3 is 2.58 bits per heavy atom. The van der Waals surface area contributed by atoms with Crippen LogP contribution in [0.1, 0.15) is 21.8 Å². The first-order chi connectivity index (χ1) is 8.81. The fourth-order valence-electron chi connectivity index (χ4n) is 1.63. The fraction of sp³-hybridized carbons (Fsp3) is 0.300. The number of nitrogens with one attached hydrogen (secondary N) is 1. The van der Waals surface area contributed by atoms with Gasteiger partial charge in [0.15, 0.2) is 10.7 Å². The SMILES string of the molecule is Cc1noc(C)c1S(=O)(=O)NC(=O)c1cnn(C)c1. The minimum absolute atomic E-state index is 0.121. The second kappa shape index (κ2) is 4.50. The number of amides is 1. The topological polar surface area (TPSA) is 107 Å². The van der Waals surface area contributed by atoms with Gasteiger partial charge in [0.2, 0.25) is 0 Å². The zero-order chi connectivity index (χ0) is 14.2. The lowest BCUT2D eigenvalue weighted by molar-refractivity contribution is 0.0981. The van der Waals surface area contributed by atoms with Gasteiger partial charge in [-0.3, -0.25) is 9.48 Å². The molecule has 0 bridgehead atoms. The van der Waals surface area contributed by atoms with Crippen LogP contribution in [0, 0.1) is 13.8 Å². The highest BCUT2D eigenvalue weighted by molar-refractivity contribution is 7.90. The fourth-order valence-corrected chi connectivity index (χ4v) is 2.93. The molecular formula is C10H12N4O4S. The van der Waals surface area contributed by atoms with E-state index in [0.717, 1.165) is 0 Å². The van der Waals surface area contributed by atoms with E-state index in [2.05, 4.69) is 10.3 Å². The van der Waals surface area contributed by atoms with Gasteiger partial charge in [0.25, 0.3) is 15.9 Å². The summed E-state index contributed by atoms with van der Waals surface area (Å²) in [4.78, 5) is 11.7. The van der Waals surface area contributed by atoms with Crippen LogP contribution in [0.3, 0.4) is 0 Å². The molecule has 0 saturated carbocycles. The number of hydrogen-bond donors (Lipinski definition) is 1. The smallest absolute Gasteiger partial charge is 0.269 e. The normalized spacial score (nSPS) is 11.5. The Hall–Kier alpha value is -2.16. The second-order valence-corrected chi connectivity index (χ2v) is 5.61. The first-order valence-electron chi connectivity index (χ1n) is 5.30. The number of sulfonamides is 1. The molecule has 102 valence electrons. The first kappa shape index (κ1) is 13.3. The molecule has 1 amide bonds. The minimum Gasteiger partial charge on any atom is -0.360 e. The van der Waals surface area contributed by atoms with Crippen molar-refractivity contribution in [2.75, 3.05) is 0 Å². The third-order valence-corrected chi connectivity index (χ3v) is 4.01. The van der Waals surface area contributed by atoms with Crippen LogP contribution < -0.4 is 4.72 Å². The average molecular weight is 284 g/mol. The Kier molecular flexibility index (Phi) is 3.14. The highest BCUT2D eigenvalue weighted by atomic mass is 32.2. The van der Waals surface area contributed by atoms with Crippen LogP contribution in [0.15, 0.2) is 21.8 Å². The molecule has 1 N–H and O–H groups in total. The molecule has 0 spiro atoms. The van der Waals surface area contributed by atoms with E-state index < -0.39 is 15.9 Å². The van der Waals surface area contributed by atoms with E-state index in [1.165, 1.54) is 30.9 Å². The predicted molar refractivity (Wildman–Crippen MR) is 63.8 cm³/mol. The van der Waals surface area contributed by atoms with Crippen LogP contribution in [0.2, 0.25) is 0 Å². The van der Waals surface area contributed by atoms with Crippen molar-refractivity contribution in [3.8, 4) is 0 Å². The Morgan fingerprint density at radius 2 is 2.11 bits per heavy atom. The van der Waals surface area contributed by atoms with E-state index in [0.29, 0.717) is 0 Å². The van der Waals surface area contributed by atoms with Crippen LogP contribution in [-0.4, -0.2) is 29.3 Å². The maximum absolute atomic E-state index is 12.1. The van der Waals surface area contributed by atoms with E-state index in [1.807, 2.05) is 4.72 Å². The van der Waals surface area contributed by atoms with Crippen molar-refractivity contribution in [1.82, 2.24) is 19.7 Å². The first-order valence-corrected chi connectivity index (χ1v) is 6.78. The van der Waals surface area contributed by atoms with Gasteiger partial charge in [0.1, 0.15) is 5.69 Å². The lowest BCUT2D eigenvalue weighted by atomic mass is 10.4. The molecule has 2 aromatic heterocycles. The van der Waals surface area contributed by atoms with Crippen LogP contribution in [0.4, 0.5) is 0 Å². The molecule has 0 aliphatic heterocycles. The van der Waals surface area contributed by atoms with Crippen LogP contribution >= 0.6 is 0 Å². The van der Waals surface area contributed by atoms with Crippen molar-refractivity contribution < 1.29 is 17.7 Å². The van der Waals surface area contributed by atoms with Crippen molar-refractivity contribution in [1.29, 1.82) is 0 Å². The summed E-state index contributed by atoms with van der Waals surface area (Å²) < 4.78 is 32.3. The van der Waals surface area contributed by atoms with E-state index in [-0.39, 0.29) is 21.9 Å². The molecule has 9 heteroatoms. The van der Waals surface area contributed by atoms with Gasteiger partial charge in [0, 0.05) is 13.2 Å². The molecule has 2 aromatic rings. The molecule has 0 atom stereocenters. The molecule has 0 aromatic carbocycles. The Balaban J connectivity index is 2.30. The van der Waals surface area contributed by atoms with Crippen molar-refractivity contribution in [3.63, 3.8) is 0 Å². The minimum atomic E-state index is -4.01. The second-order valence-electron chi connectivity index (χ2n) is 3.99. The highest BCUT2D eigenvalue weighted by Gasteiger charge is 2.26. The zero-order valence-electron chi connectivity index (χ0n) is 10.5. The number of nitrogens with zero attached hydrogens (tertiary/aromatic N) is 3. The summed E-state index contributed by atoms with van der Waals surface area (Å²) in [6, 6.07) is 0. The number of hydrogen-bond acceptors (Lipinski definition) is 6. The van der Waals surface area contributed by atoms with Gasteiger partial charge < -0.3 is 4.52 Å². The van der Waals surface area contributed by atoms with Gasteiger partial charge in [-0.1, -0.05) is 5.16 Å². The Morgan fingerprint density at radius 1 is 1.42 bits per heavy atom. The summed E-state index contributed by atoms with van der Waals surface area (Å²) in [5, 5.41) is 7.34. The standard InChI is InChI=1S/C10H12N4O4S/c1-6-9(7(2)18-12-6)19(16,17)13-10(15)8-4-11-14(3)5-8/h4-5H,1-3H3,(H,13,15). The summed E-state index contributed by atoms with van der Waals surface area (Å²) in [6.07, 6.45) is 2.69. The summed E-state index contributed by atoms with van der Waals surface area (Å²) in [6.45, 7) is 2.95. The molecule has 0 fully saturated rings. The molecule has 0 aliphatic carbocycles. The van der Waals surface area contributed by atoms with Crippen molar-refractivity contribution >= 4 is 15.9 Å². The summed E-state index contributed by atoms with van der Waals surface area (Å²) in [5.74, 6) is -0.628. The van der Waals surface area contributed by atoms with Crippen LogP contribution in [-0.2, 0) is 17.1 Å². The number of carbonyl (C=O) groups is 1. The summed E-state index contributed by atoms with van der Waals surface area (Å²) in [5.41, 5.74) is 0.349. The van der Waals surface area contributed by atoms with E-state index >= 15 is 0 Å².